The predicted octanol–water partition coefficient (Wildman–Crippen LogP) is 0.184. The summed E-state index contributed by atoms with van der Waals surface area (Å²) < 4.78 is 5.00. The molecular formula is C10H18N2O4. The first-order valence-corrected chi connectivity index (χ1v) is 5.22. The van der Waals surface area contributed by atoms with E-state index in [1.807, 2.05) is 0 Å². The molecule has 1 aliphatic rings. The molecule has 0 spiro atoms. The van der Waals surface area contributed by atoms with Crippen molar-refractivity contribution in [3.63, 3.8) is 0 Å². The maximum absolute atomic E-state index is 11.4. The lowest BCUT2D eigenvalue weighted by atomic mass is 9.94. The molecule has 1 amide bonds. The van der Waals surface area contributed by atoms with Crippen molar-refractivity contribution in [3.8, 4) is 0 Å². The van der Waals surface area contributed by atoms with Crippen LogP contribution in [0, 0.1) is 5.92 Å². The van der Waals surface area contributed by atoms with Gasteiger partial charge in [-0.1, -0.05) is 0 Å². The van der Waals surface area contributed by atoms with Crippen LogP contribution < -0.4 is 10.6 Å². The molecule has 1 heterocycles. The topological polar surface area (TPSA) is 87.7 Å². The van der Waals surface area contributed by atoms with Gasteiger partial charge in [0.1, 0.15) is 11.6 Å². The maximum Gasteiger partial charge on any atom is 0.408 e. The average molecular weight is 230 g/mol. The molecule has 0 aromatic carbocycles. The van der Waals surface area contributed by atoms with Gasteiger partial charge in [0, 0.05) is 19.0 Å². The number of nitrogens with one attached hydrogen (secondary N) is 2. The summed E-state index contributed by atoms with van der Waals surface area (Å²) in [5.41, 5.74) is -0.620. The number of hydrogen-bond donors (Lipinski definition) is 3. The Labute approximate surface area is 94.3 Å². The van der Waals surface area contributed by atoms with E-state index >= 15 is 0 Å². The minimum absolute atomic E-state index is 0.0648. The van der Waals surface area contributed by atoms with Gasteiger partial charge in [0.25, 0.3) is 0 Å². The number of rotatable bonds is 3. The number of carboxylic acids is 1. The number of carbonyl (C=O) groups is 2. The number of amides is 1. The third-order valence-corrected chi connectivity index (χ3v) is 2.22. The first kappa shape index (κ1) is 12.8. The van der Waals surface area contributed by atoms with Gasteiger partial charge < -0.3 is 20.5 Å². The van der Waals surface area contributed by atoms with Crippen molar-refractivity contribution >= 4 is 12.1 Å². The molecule has 0 radical (unpaired) electrons. The fourth-order valence-corrected chi connectivity index (χ4v) is 1.36. The molecule has 0 saturated carbocycles. The van der Waals surface area contributed by atoms with E-state index in [0.29, 0.717) is 13.1 Å². The van der Waals surface area contributed by atoms with Crippen LogP contribution in [0.25, 0.3) is 0 Å². The summed E-state index contributed by atoms with van der Waals surface area (Å²) in [6.07, 6.45) is -0.688. The van der Waals surface area contributed by atoms with E-state index in [1.165, 1.54) is 0 Å². The van der Waals surface area contributed by atoms with Gasteiger partial charge in [-0.25, -0.2) is 9.59 Å². The summed E-state index contributed by atoms with van der Waals surface area (Å²) in [6, 6.07) is -0.879. The third-order valence-electron chi connectivity index (χ3n) is 2.22. The van der Waals surface area contributed by atoms with Gasteiger partial charge >= 0.3 is 12.1 Å². The highest BCUT2D eigenvalue weighted by molar-refractivity contribution is 5.80. The van der Waals surface area contributed by atoms with E-state index in [-0.39, 0.29) is 5.92 Å². The molecule has 1 aliphatic heterocycles. The van der Waals surface area contributed by atoms with Gasteiger partial charge in [0.05, 0.1) is 0 Å². The standard InChI is InChI=1S/C10H18N2O4/c1-10(2,3)16-9(15)12-7(8(13)14)6-4-11-5-6/h6-7,11H,4-5H2,1-3H3,(H,12,15)(H,13,14). The number of carboxylic acid groups (broad SMARTS) is 1. The van der Waals surface area contributed by atoms with E-state index in [2.05, 4.69) is 10.6 Å². The molecule has 1 saturated heterocycles. The van der Waals surface area contributed by atoms with Crippen molar-refractivity contribution in [1.29, 1.82) is 0 Å². The second-order valence-corrected chi connectivity index (χ2v) is 4.88. The van der Waals surface area contributed by atoms with Gasteiger partial charge in [-0.3, -0.25) is 0 Å². The highest BCUT2D eigenvalue weighted by atomic mass is 16.6. The van der Waals surface area contributed by atoms with Gasteiger partial charge in [-0.2, -0.15) is 0 Å². The van der Waals surface area contributed by atoms with Crippen LogP contribution in [0.2, 0.25) is 0 Å². The van der Waals surface area contributed by atoms with Crippen LogP contribution in [0.3, 0.4) is 0 Å². The van der Waals surface area contributed by atoms with Crippen molar-refractivity contribution in [3.05, 3.63) is 0 Å². The van der Waals surface area contributed by atoms with E-state index in [9.17, 15) is 9.59 Å². The zero-order valence-electron chi connectivity index (χ0n) is 9.74. The summed E-state index contributed by atoms with van der Waals surface area (Å²) in [7, 11) is 0. The second-order valence-electron chi connectivity index (χ2n) is 4.88. The summed E-state index contributed by atoms with van der Waals surface area (Å²) >= 11 is 0. The van der Waals surface area contributed by atoms with E-state index in [1.54, 1.807) is 20.8 Å². The number of ether oxygens (including phenoxy) is 1. The number of hydrogen-bond acceptors (Lipinski definition) is 4. The van der Waals surface area contributed by atoms with E-state index < -0.39 is 23.7 Å². The lowest BCUT2D eigenvalue weighted by Crippen LogP contribution is -2.58. The zero-order valence-corrected chi connectivity index (χ0v) is 9.74. The van der Waals surface area contributed by atoms with Crippen LogP contribution in [0.5, 0.6) is 0 Å². The molecule has 0 aliphatic carbocycles. The van der Waals surface area contributed by atoms with Crippen molar-refractivity contribution in [1.82, 2.24) is 10.6 Å². The third kappa shape index (κ3) is 3.69. The van der Waals surface area contributed by atoms with Crippen LogP contribution in [0.4, 0.5) is 4.79 Å². The molecule has 1 unspecified atom stereocenters. The minimum Gasteiger partial charge on any atom is -0.480 e. The van der Waals surface area contributed by atoms with Crippen LogP contribution >= 0.6 is 0 Å². The van der Waals surface area contributed by atoms with Crippen LogP contribution in [-0.2, 0) is 9.53 Å². The SMILES string of the molecule is CC(C)(C)OC(=O)NC(C(=O)O)C1CNC1. The normalized spacial score (nSPS) is 18.4. The van der Waals surface area contributed by atoms with Crippen LogP contribution in [-0.4, -0.2) is 41.9 Å². The first-order valence-electron chi connectivity index (χ1n) is 5.22. The molecule has 6 nitrogen and oxygen atoms in total. The molecule has 92 valence electrons. The Morgan fingerprint density at radius 3 is 2.31 bits per heavy atom. The molecule has 0 bridgehead atoms. The Hall–Kier alpha value is -1.30. The molecule has 0 aromatic rings. The first-order chi connectivity index (χ1) is 7.29. The summed E-state index contributed by atoms with van der Waals surface area (Å²) in [4.78, 5) is 22.3. The fourth-order valence-electron chi connectivity index (χ4n) is 1.36. The molecule has 0 aromatic heterocycles. The Morgan fingerprint density at radius 2 is 2.00 bits per heavy atom. The fraction of sp³-hybridized carbons (Fsp3) is 0.800. The second kappa shape index (κ2) is 4.69. The molecule has 3 N–H and O–H groups in total. The number of carbonyl (C=O) groups excluding carboxylic acids is 1. The molecule has 6 heteroatoms. The van der Waals surface area contributed by atoms with Crippen molar-refractivity contribution < 1.29 is 19.4 Å². The predicted molar refractivity (Wildman–Crippen MR) is 57.2 cm³/mol. The summed E-state index contributed by atoms with van der Waals surface area (Å²) in [5.74, 6) is -1.10. The van der Waals surface area contributed by atoms with Gasteiger partial charge in [0.2, 0.25) is 0 Å². The van der Waals surface area contributed by atoms with E-state index in [4.69, 9.17) is 9.84 Å². The van der Waals surface area contributed by atoms with Crippen molar-refractivity contribution in [2.24, 2.45) is 5.92 Å². The highest BCUT2D eigenvalue weighted by Crippen LogP contribution is 2.12. The number of aliphatic carboxylic acids is 1. The molecule has 1 fully saturated rings. The van der Waals surface area contributed by atoms with Crippen molar-refractivity contribution in [2.75, 3.05) is 13.1 Å². The lowest BCUT2D eigenvalue weighted by Gasteiger charge is -2.33. The van der Waals surface area contributed by atoms with Gasteiger partial charge in [0.15, 0.2) is 0 Å². The Kier molecular flexibility index (Phi) is 3.74. The quantitative estimate of drug-likeness (QED) is 0.644. The van der Waals surface area contributed by atoms with Crippen molar-refractivity contribution in [2.45, 2.75) is 32.4 Å². The minimum atomic E-state index is -1.03. The summed E-state index contributed by atoms with van der Waals surface area (Å²) in [5, 5.41) is 14.3. The maximum atomic E-state index is 11.4. The highest BCUT2D eigenvalue weighted by Gasteiger charge is 2.34. The monoisotopic (exact) mass is 230 g/mol. The Balaban J connectivity index is 2.48. The van der Waals surface area contributed by atoms with Crippen LogP contribution in [0.15, 0.2) is 0 Å². The lowest BCUT2D eigenvalue weighted by molar-refractivity contribution is -0.141. The largest absolute Gasteiger partial charge is 0.480 e. The van der Waals surface area contributed by atoms with Crippen LogP contribution in [0.1, 0.15) is 20.8 Å². The van der Waals surface area contributed by atoms with E-state index in [0.717, 1.165) is 0 Å². The summed E-state index contributed by atoms with van der Waals surface area (Å²) in [6.45, 7) is 6.40. The van der Waals surface area contributed by atoms with Gasteiger partial charge in [-0.15, -0.1) is 0 Å². The number of alkyl carbamates (subject to hydrolysis) is 1. The average Bonchev–Trinajstić information content (AvgIpc) is 1.95. The molecule has 1 rings (SSSR count). The van der Waals surface area contributed by atoms with Gasteiger partial charge in [-0.05, 0) is 20.8 Å². The Morgan fingerprint density at radius 1 is 1.44 bits per heavy atom. The zero-order chi connectivity index (χ0) is 12.3. The molecule has 16 heavy (non-hydrogen) atoms. The smallest absolute Gasteiger partial charge is 0.408 e. The molecular weight excluding hydrogens is 212 g/mol. The molecule has 1 atom stereocenters. The Bertz CT molecular complexity index is 281.